The van der Waals surface area contributed by atoms with Gasteiger partial charge < -0.3 is 5.32 Å². The number of hydrogen-bond donors (Lipinski definition) is 2. The molecule has 2 N–H and O–H groups in total. The summed E-state index contributed by atoms with van der Waals surface area (Å²) in [5.41, 5.74) is -0.257. The van der Waals surface area contributed by atoms with Crippen LogP contribution >= 0.6 is 35.0 Å². The Labute approximate surface area is 129 Å². The van der Waals surface area contributed by atoms with Gasteiger partial charge in [-0.25, -0.2) is 14.9 Å². The summed E-state index contributed by atoms with van der Waals surface area (Å²) in [5.74, 6) is 0.557. The fourth-order valence-electron chi connectivity index (χ4n) is 1.56. The van der Waals surface area contributed by atoms with E-state index in [0.29, 0.717) is 39.1 Å². The lowest BCUT2D eigenvalue weighted by Gasteiger charge is -2.09. The van der Waals surface area contributed by atoms with E-state index in [1.165, 1.54) is 16.3 Å². The topological polar surface area (TPSA) is 75.6 Å². The lowest BCUT2D eigenvalue weighted by Crippen LogP contribution is -2.16. The van der Waals surface area contributed by atoms with Gasteiger partial charge >= 0.3 is 5.69 Å². The van der Waals surface area contributed by atoms with E-state index in [0.717, 1.165) is 0 Å². The molecule has 2 heterocycles. The zero-order valence-electron chi connectivity index (χ0n) is 10.9. The monoisotopic (exact) mass is 333 g/mol. The fourth-order valence-corrected chi connectivity index (χ4v) is 2.98. The maximum atomic E-state index is 11.5. The van der Waals surface area contributed by atoms with Gasteiger partial charge in [0.1, 0.15) is 10.8 Å². The van der Waals surface area contributed by atoms with Crippen molar-refractivity contribution in [3.05, 3.63) is 26.6 Å². The smallest absolute Gasteiger partial charge is 0.343 e. The average Bonchev–Trinajstić information content (AvgIpc) is 2.75. The van der Waals surface area contributed by atoms with Gasteiger partial charge in [0.15, 0.2) is 5.16 Å². The Morgan fingerprint density at radius 1 is 1.40 bits per heavy atom. The molecule has 0 aromatic carbocycles. The molecule has 0 saturated heterocycles. The largest absolute Gasteiger partial charge is 0.369 e. The van der Waals surface area contributed by atoms with Gasteiger partial charge in [-0.05, 0) is 31.7 Å². The van der Waals surface area contributed by atoms with Gasteiger partial charge in [0.2, 0.25) is 0 Å². The van der Waals surface area contributed by atoms with E-state index in [9.17, 15) is 4.79 Å². The van der Waals surface area contributed by atoms with Crippen LogP contribution in [0.1, 0.15) is 13.8 Å². The lowest BCUT2D eigenvalue weighted by molar-refractivity contribution is 0.660. The van der Waals surface area contributed by atoms with Crippen molar-refractivity contribution < 1.29 is 0 Å². The molecule has 2 aromatic rings. The number of hydrogen-bond acceptors (Lipinski definition) is 5. The van der Waals surface area contributed by atoms with Crippen LogP contribution in [0.3, 0.4) is 0 Å². The second kappa shape index (κ2) is 6.51. The Morgan fingerprint density at radius 2 is 2.15 bits per heavy atom. The summed E-state index contributed by atoms with van der Waals surface area (Å²) >= 11 is 13.4. The van der Waals surface area contributed by atoms with Crippen molar-refractivity contribution in [2.75, 3.05) is 11.9 Å². The minimum atomic E-state index is -0.257. The van der Waals surface area contributed by atoms with Crippen molar-refractivity contribution in [2.45, 2.75) is 30.6 Å². The lowest BCUT2D eigenvalue weighted by atomic mass is 10.4. The molecule has 0 aliphatic rings. The summed E-state index contributed by atoms with van der Waals surface area (Å²) in [6.45, 7) is 5.02. The molecule has 0 aliphatic heterocycles. The van der Waals surface area contributed by atoms with E-state index in [2.05, 4.69) is 20.5 Å². The van der Waals surface area contributed by atoms with Crippen LogP contribution in [0.5, 0.6) is 0 Å². The van der Waals surface area contributed by atoms with Crippen molar-refractivity contribution >= 4 is 40.8 Å². The van der Waals surface area contributed by atoms with Gasteiger partial charge in [-0.15, -0.1) is 5.10 Å². The maximum absolute atomic E-state index is 11.5. The summed E-state index contributed by atoms with van der Waals surface area (Å²) in [6.07, 6.45) is 0. The van der Waals surface area contributed by atoms with Crippen LogP contribution in [-0.2, 0) is 6.54 Å². The Balaban J connectivity index is 2.37. The molecule has 0 fully saturated rings. The molecule has 0 radical (unpaired) electrons. The van der Waals surface area contributed by atoms with Crippen LogP contribution < -0.4 is 11.0 Å². The number of nitrogens with zero attached hydrogens (tertiary/aromatic N) is 3. The first kappa shape index (κ1) is 15.2. The van der Waals surface area contributed by atoms with Crippen molar-refractivity contribution in [1.82, 2.24) is 19.7 Å². The molecule has 0 aliphatic carbocycles. The van der Waals surface area contributed by atoms with Crippen LogP contribution in [0.25, 0.3) is 0 Å². The fraction of sp³-hybridized carbons (Fsp3) is 0.364. The Bertz CT molecular complexity index is 669. The average molecular weight is 334 g/mol. The molecule has 2 aromatic heterocycles. The predicted octanol–water partition coefficient (Wildman–Crippen LogP) is 2.88. The second-order valence-electron chi connectivity index (χ2n) is 3.79. The number of anilines is 1. The number of aromatic amines is 1. The van der Waals surface area contributed by atoms with Gasteiger partial charge in [0.25, 0.3) is 0 Å². The molecule has 0 bridgehead atoms. The van der Waals surface area contributed by atoms with E-state index in [4.69, 9.17) is 23.2 Å². The van der Waals surface area contributed by atoms with E-state index in [1.54, 1.807) is 6.07 Å². The van der Waals surface area contributed by atoms with E-state index >= 15 is 0 Å². The minimum absolute atomic E-state index is 0.257. The first-order chi connectivity index (χ1) is 9.56. The third-order valence-electron chi connectivity index (χ3n) is 2.47. The summed E-state index contributed by atoms with van der Waals surface area (Å²) in [7, 11) is 0. The third-order valence-corrected chi connectivity index (χ3v) is 4.16. The molecule has 108 valence electrons. The number of pyridine rings is 1. The maximum Gasteiger partial charge on any atom is 0.343 e. The quantitative estimate of drug-likeness (QED) is 0.879. The molecule has 0 amide bonds. The van der Waals surface area contributed by atoms with Crippen LogP contribution in [0.4, 0.5) is 5.82 Å². The Hall–Kier alpha value is -1.18. The van der Waals surface area contributed by atoms with Gasteiger partial charge in [-0.1, -0.05) is 23.2 Å². The van der Waals surface area contributed by atoms with Gasteiger partial charge in [0, 0.05) is 13.1 Å². The summed E-state index contributed by atoms with van der Waals surface area (Å²) in [6, 6.07) is 1.62. The van der Waals surface area contributed by atoms with E-state index in [1.807, 2.05) is 13.8 Å². The van der Waals surface area contributed by atoms with E-state index in [-0.39, 0.29) is 5.69 Å². The molecular formula is C11H13Cl2N5OS. The highest BCUT2D eigenvalue weighted by molar-refractivity contribution is 7.99. The summed E-state index contributed by atoms with van der Waals surface area (Å²) < 4.78 is 1.50. The highest BCUT2D eigenvalue weighted by atomic mass is 35.5. The van der Waals surface area contributed by atoms with Gasteiger partial charge in [-0.2, -0.15) is 0 Å². The first-order valence-electron chi connectivity index (χ1n) is 5.99. The summed E-state index contributed by atoms with van der Waals surface area (Å²) in [5, 5.41) is 11.3. The summed E-state index contributed by atoms with van der Waals surface area (Å²) in [4.78, 5) is 15.9. The van der Waals surface area contributed by atoms with Crippen molar-refractivity contribution in [1.29, 1.82) is 0 Å². The molecule has 0 atom stereocenters. The Morgan fingerprint density at radius 3 is 2.80 bits per heavy atom. The number of aromatic nitrogens is 4. The van der Waals surface area contributed by atoms with Crippen molar-refractivity contribution in [2.24, 2.45) is 0 Å². The third kappa shape index (κ3) is 3.11. The number of rotatable bonds is 5. The molecule has 0 spiro atoms. The Kier molecular flexibility index (Phi) is 4.95. The van der Waals surface area contributed by atoms with Crippen LogP contribution in [0, 0.1) is 0 Å². The zero-order chi connectivity index (χ0) is 14.7. The number of halogens is 2. The first-order valence-corrected chi connectivity index (χ1v) is 7.57. The SMILES string of the molecule is CCNc1nc(Sc2n[nH]c(=O)n2CC)c(Cl)cc1Cl. The van der Waals surface area contributed by atoms with Crippen LogP contribution in [0.2, 0.25) is 10.0 Å². The second-order valence-corrected chi connectivity index (χ2v) is 5.56. The van der Waals surface area contributed by atoms with Gasteiger partial charge in [0.05, 0.1) is 10.0 Å². The molecule has 20 heavy (non-hydrogen) atoms. The number of nitrogens with one attached hydrogen (secondary N) is 2. The van der Waals surface area contributed by atoms with Crippen LogP contribution in [-0.4, -0.2) is 26.3 Å². The van der Waals surface area contributed by atoms with Crippen molar-refractivity contribution in [3.8, 4) is 0 Å². The van der Waals surface area contributed by atoms with Crippen molar-refractivity contribution in [3.63, 3.8) is 0 Å². The molecule has 2 rings (SSSR count). The normalized spacial score (nSPS) is 10.8. The molecule has 9 heteroatoms. The highest BCUT2D eigenvalue weighted by Gasteiger charge is 2.14. The molecule has 0 unspecified atom stereocenters. The molecular weight excluding hydrogens is 321 g/mol. The minimum Gasteiger partial charge on any atom is -0.369 e. The number of H-pyrrole nitrogens is 1. The van der Waals surface area contributed by atoms with E-state index < -0.39 is 0 Å². The van der Waals surface area contributed by atoms with Crippen LogP contribution in [0.15, 0.2) is 21.0 Å². The molecule has 6 nitrogen and oxygen atoms in total. The predicted molar refractivity (Wildman–Crippen MR) is 81.1 cm³/mol. The molecule has 0 saturated carbocycles. The zero-order valence-corrected chi connectivity index (χ0v) is 13.2. The highest BCUT2D eigenvalue weighted by Crippen LogP contribution is 2.34. The van der Waals surface area contributed by atoms with Gasteiger partial charge in [-0.3, -0.25) is 4.57 Å². The standard InChI is InChI=1S/C11H13Cl2N5OS/c1-3-14-8-6(12)5-7(13)9(15-8)20-11-17-16-10(19)18(11)4-2/h5H,3-4H2,1-2H3,(H,14,15)(H,16,19).